The Hall–Kier alpha value is -1.84. The molecular weight excluding hydrogens is 741 g/mol. The number of hydrogen-bond donors (Lipinski definition) is 1. The molecule has 0 aliphatic heterocycles. The smallest absolute Gasteiger partial charge is 0.462 e. The second-order valence-corrected chi connectivity index (χ2v) is 18.3. The zero-order chi connectivity index (χ0) is 42.3. The highest BCUT2D eigenvalue weighted by molar-refractivity contribution is 7.47. The standard InChI is InChI=1S/C46H86NO9P/c1-6-8-10-12-14-15-16-17-18-19-20-21-22-23-25-29-33-37-45(49)53-41-44(42-55-57(51,52)54-40-39-47(3,4)5)56-46(50)38-34-30-26-28-32-36-43(48)35-31-27-24-13-11-9-7-2/h24,27,31,35,44H,6-23,25-26,28-30,32-34,36-42H2,1-5H3/p+1/b27-24-,35-31+/t44-/m1/s1. The van der Waals surface area contributed by atoms with E-state index in [1.54, 1.807) is 6.08 Å². The van der Waals surface area contributed by atoms with Gasteiger partial charge < -0.3 is 18.9 Å². The van der Waals surface area contributed by atoms with Gasteiger partial charge in [-0.2, -0.15) is 0 Å². The lowest BCUT2D eigenvalue weighted by atomic mass is 10.0. The molecule has 10 nitrogen and oxygen atoms in total. The number of rotatable bonds is 42. The molecule has 0 bridgehead atoms. The number of nitrogens with zero attached hydrogens (tertiary/aromatic N) is 1. The van der Waals surface area contributed by atoms with Gasteiger partial charge in [-0.15, -0.1) is 0 Å². The molecule has 57 heavy (non-hydrogen) atoms. The predicted molar refractivity (Wildman–Crippen MR) is 234 cm³/mol. The fourth-order valence-corrected chi connectivity index (χ4v) is 7.03. The zero-order valence-corrected chi connectivity index (χ0v) is 38.2. The Kier molecular flexibility index (Phi) is 37.1. The molecule has 2 atom stereocenters. The largest absolute Gasteiger partial charge is 0.472 e. The lowest BCUT2D eigenvalue weighted by molar-refractivity contribution is -0.870. The molecule has 1 unspecified atom stereocenters. The van der Waals surface area contributed by atoms with E-state index in [1.807, 2.05) is 33.3 Å². The zero-order valence-electron chi connectivity index (χ0n) is 37.3. The molecule has 0 aromatic rings. The average molecular weight is 829 g/mol. The first-order chi connectivity index (χ1) is 27.4. The number of esters is 2. The number of quaternary nitrogens is 1. The highest BCUT2D eigenvalue weighted by Crippen LogP contribution is 2.43. The van der Waals surface area contributed by atoms with Gasteiger partial charge in [0.1, 0.15) is 19.8 Å². The summed E-state index contributed by atoms with van der Waals surface area (Å²) < 4.78 is 34.2. The molecule has 1 N–H and O–H groups in total. The van der Waals surface area contributed by atoms with Crippen LogP contribution in [0.15, 0.2) is 24.3 Å². The number of ether oxygens (including phenoxy) is 2. The molecule has 0 radical (unpaired) electrons. The van der Waals surface area contributed by atoms with Crippen molar-refractivity contribution in [3.8, 4) is 0 Å². The van der Waals surface area contributed by atoms with Crippen molar-refractivity contribution in [1.29, 1.82) is 0 Å². The minimum absolute atomic E-state index is 0.0114. The van der Waals surface area contributed by atoms with Crippen LogP contribution in [0.4, 0.5) is 0 Å². The van der Waals surface area contributed by atoms with Crippen LogP contribution in [-0.4, -0.2) is 80.7 Å². The summed E-state index contributed by atoms with van der Waals surface area (Å²) in [4.78, 5) is 47.5. The summed E-state index contributed by atoms with van der Waals surface area (Å²) in [5.41, 5.74) is 0. The van der Waals surface area contributed by atoms with Gasteiger partial charge >= 0.3 is 19.8 Å². The van der Waals surface area contributed by atoms with Gasteiger partial charge in [0.15, 0.2) is 11.9 Å². The average Bonchev–Trinajstić information content (AvgIpc) is 3.15. The minimum atomic E-state index is -4.40. The molecule has 0 saturated heterocycles. The van der Waals surface area contributed by atoms with Gasteiger partial charge in [-0.3, -0.25) is 23.4 Å². The molecule has 0 spiro atoms. The van der Waals surface area contributed by atoms with Gasteiger partial charge in [-0.25, -0.2) is 4.57 Å². The van der Waals surface area contributed by atoms with E-state index in [1.165, 1.54) is 109 Å². The van der Waals surface area contributed by atoms with Crippen LogP contribution in [0.3, 0.4) is 0 Å². The van der Waals surface area contributed by atoms with Crippen LogP contribution in [-0.2, 0) is 37.5 Å². The summed E-state index contributed by atoms with van der Waals surface area (Å²) in [6.07, 6.45) is 37.5. The minimum Gasteiger partial charge on any atom is -0.462 e. The van der Waals surface area contributed by atoms with Crippen LogP contribution in [0, 0.1) is 0 Å². The Morgan fingerprint density at radius 3 is 1.54 bits per heavy atom. The van der Waals surface area contributed by atoms with Crippen LogP contribution < -0.4 is 0 Å². The number of phosphoric acid groups is 1. The van der Waals surface area contributed by atoms with Gasteiger partial charge in [-0.1, -0.05) is 167 Å². The van der Waals surface area contributed by atoms with Crippen molar-refractivity contribution in [3.05, 3.63) is 24.3 Å². The van der Waals surface area contributed by atoms with E-state index in [2.05, 4.69) is 19.9 Å². The molecule has 0 fully saturated rings. The molecule has 0 aromatic heterocycles. The van der Waals surface area contributed by atoms with E-state index >= 15 is 0 Å². The Morgan fingerprint density at radius 1 is 0.579 bits per heavy atom. The van der Waals surface area contributed by atoms with Crippen molar-refractivity contribution in [3.63, 3.8) is 0 Å². The molecular formula is C46H87NO9P+. The molecule has 0 amide bonds. The number of allylic oxidation sites excluding steroid dienone is 4. The van der Waals surface area contributed by atoms with E-state index in [0.29, 0.717) is 23.9 Å². The topological polar surface area (TPSA) is 125 Å². The van der Waals surface area contributed by atoms with Crippen molar-refractivity contribution in [2.75, 3.05) is 47.5 Å². The van der Waals surface area contributed by atoms with Gasteiger partial charge in [0, 0.05) is 19.3 Å². The third kappa shape index (κ3) is 42.1. The Bertz CT molecular complexity index is 1090. The second-order valence-electron chi connectivity index (χ2n) is 16.8. The maximum Gasteiger partial charge on any atom is 0.472 e. The lowest BCUT2D eigenvalue weighted by Crippen LogP contribution is -2.37. The summed E-state index contributed by atoms with van der Waals surface area (Å²) in [5, 5.41) is 0. The SMILES string of the molecule is CCCCC/C=C\C=C\C(=O)CCCCCCCC(=O)O[C@H](COC(=O)CCCCCCCCCCCCCCCCCCC)COP(=O)(O)OCC[N+](C)(C)C. The third-order valence-corrected chi connectivity index (χ3v) is 10.9. The van der Waals surface area contributed by atoms with Gasteiger partial charge in [0.05, 0.1) is 27.7 Å². The Morgan fingerprint density at radius 2 is 1.04 bits per heavy atom. The van der Waals surface area contributed by atoms with E-state index in [9.17, 15) is 23.8 Å². The molecule has 0 heterocycles. The molecule has 0 saturated carbocycles. The van der Waals surface area contributed by atoms with Crippen molar-refractivity contribution in [2.45, 2.75) is 206 Å². The number of unbranched alkanes of at least 4 members (excludes halogenated alkanes) is 23. The van der Waals surface area contributed by atoms with E-state index in [-0.39, 0.29) is 31.8 Å². The fraction of sp³-hybridized carbons (Fsp3) is 0.848. The van der Waals surface area contributed by atoms with E-state index in [4.69, 9.17) is 18.5 Å². The number of carbonyl (C=O) groups is 3. The van der Waals surface area contributed by atoms with Crippen LogP contribution in [0.2, 0.25) is 0 Å². The summed E-state index contributed by atoms with van der Waals surface area (Å²) in [5.74, 6) is -0.761. The number of phosphoric ester groups is 1. The monoisotopic (exact) mass is 829 g/mol. The van der Waals surface area contributed by atoms with Crippen LogP contribution >= 0.6 is 7.82 Å². The first-order valence-corrected chi connectivity index (χ1v) is 24.5. The van der Waals surface area contributed by atoms with E-state index in [0.717, 1.165) is 51.4 Å². The van der Waals surface area contributed by atoms with E-state index < -0.39 is 32.5 Å². The van der Waals surface area contributed by atoms with Crippen molar-refractivity contribution in [1.82, 2.24) is 0 Å². The molecule has 334 valence electrons. The quantitative estimate of drug-likeness (QED) is 0.0160. The maximum absolute atomic E-state index is 12.7. The van der Waals surface area contributed by atoms with Crippen LogP contribution in [0.1, 0.15) is 200 Å². The van der Waals surface area contributed by atoms with Crippen LogP contribution in [0.25, 0.3) is 0 Å². The normalized spacial score (nSPS) is 13.6. The summed E-state index contributed by atoms with van der Waals surface area (Å²) >= 11 is 0. The van der Waals surface area contributed by atoms with Crippen LogP contribution in [0.5, 0.6) is 0 Å². The number of carbonyl (C=O) groups excluding carboxylic acids is 3. The van der Waals surface area contributed by atoms with Crippen molar-refractivity contribution in [2.24, 2.45) is 0 Å². The molecule has 0 rings (SSSR count). The highest BCUT2D eigenvalue weighted by Gasteiger charge is 2.27. The summed E-state index contributed by atoms with van der Waals surface area (Å²) in [6.45, 7) is 4.25. The van der Waals surface area contributed by atoms with Crippen molar-refractivity contribution < 1.29 is 46.8 Å². The lowest BCUT2D eigenvalue weighted by Gasteiger charge is -2.24. The third-order valence-electron chi connectivity index (χ3n) is 9.96. The number of ketones is 1. The second kappa shape index (κ2) is 38.4. The van der Waals surface area contributed by atoms with Gasteiger partial charge in [0.25, 0.3) is 0 Å². The molecule has 0 aliphatic carbocycles. The maximum atomic E-state index is 12.7. The van der Waals surface area contributed by atoms with Crippen molar-refractivity contribution >= 4 is 25.5 Å². The predicted octanol–water partition coefficient (Wildman–Crippen LogP) is 12.3. The summed E-state index contributed by atoms with van der Waals surface area (Å²) in [6, 6.07) is 0. The molecule has 11 heteroatoms. The first kappa shape index (κ1) is 55.2. The van der Waals surface area contributed by atoms with Gasteiger partial charge in [-0.05, 0) is 38.2 Å². The number of hydrogen-bond acceptors (Lipinski definition) is 8. The Labute approximate surface area is 349 Å². The number of likely N-dealkylation sites (N-methyl/N-ethyl adjacent to an activating group) is 1. The fourth-order valence-electron chi connectivity index (χ4n) is 6.29. The Balaban J connectivity index is 4.38. The first-order valence-electron chi connectivity index (χ1n) is 23.0. The summed E-state index contributed by atoms with van der Waals surface area (Å²) in [7, 11) is 1.41. The highest BCUT2D eigenvalue weighted by atomic mass is 31.2. The van der Waals surface area contributed by atoms with Gasteiger partial charge in [0.2, 0.25) is 0 Å². The molecule has 0 aromatic carbocycles. The molecule has 0 aliphatic rings.